The minimum Gasteiger partial charge on any atom is -0.354 e. The molecule has 0 fully saturated rings. The molecule has 0 rings (SSSR count). The Balaban J connectivity index is 3.75. The number of carbonyl (C=O) groups excluding carboxylic acids is 3. The second kappa shape index (κ2) is 9.33. The quantitative estimate of drug-likeness (QED) is 0.480. The van der Waals surface area contributed by atoms with Crippen molar-refractivity contribution in [3.8, 4) is 0 Å². The maximum absolute atomic E-state index is 11.5. The monoisotopic (exact) mass is 300 g/mol. The van der Waals surface area contributed by atoms with Crippen LogP contribution in [0, 0.1) is 5.92 Å². The molecule has 0 aliphatic heterocycles. The van der Waals surface area contributed by atoms with Crippen molar-refractivity contribution in [3.05, 3.63) is 0 Å². The Labute approximate surface area is 126 Å². The second-order valence-electron chi connectivity index (χ2n) is 6.35. The Bertz CT molecular complexity index is 362. The highest BCUT2D eigenvalue weighted by Gasteiger charge is 2.12. The van der Waals surface area contributed by atoms with Gasteiger partial charge in [0.25, 0.3) is 0 Å². The Kier molecular flexibility index (Phi) is 8.61. The van der Waals surface area contributed by atoms with Gasteiger partial charge in [-0.25, -0.2) is 0 Å². The van der Waals surface area contributed by atoms with E-state index in [2.05, 4.69) is 21.3 Å². The number of amides is 3. The zero-order valence-electron chi connectivity index (χ0n) is 13.6. The Morgan fingerprint density at radius 2 is 1.24 bits per heavy atom. The van der Waals surface area contributed by atoms with Crippen LogP contribution in [-0.2, 0) is 14.4 Å². The summed E-state index contributed by atoms with van der Waals surface area (Å²) < 4.78 is 0. The van der Waals surface area contributed by atoms with Crippen LogP contribution in [0.25, 0.3) is 0 Å². The van der Waals surface area contributed by atoms with Crippen molar-refractivity contribution in [2.75, 3.05) is 26.2 Å². The predicted octanol–water partition coefficient (Wildman–Crippen LogP) is -0.621. The molecule has 0 unspecified atom stereocenters. The lowest BCUT2D eigenvalue weighted by molar-refractivity contribution is -0.127. The predicted molar refractivity (Wildman–Crippen MR) is 81.6 cm³/mol. The van der Waals surface area contributed by atoms with Crippen molar-refractivity contribution in [3.63, 3.8) is 0 Å². The maximum Gasteiger partial charge on any atom is 0.239 e. The number of rotatable bonds is 8. The number of nitrogens with one attached hydrogen (secondary N) is 4. The molecule has 7 nitrogen and oxygen atoms in total. The fourth-order valence-corrected chi connectivity index (χ4v) is 1.21. The van der Waals surface area contributed by atoms with Gasteiger partial charge >= 0.3 is 0 Å². The van der Waals surface area contributed by atoms with Gasteiger partial charge in [0.2, 0.25) is 17.7 Å². The molecule has 0 aromatic carbocycles. The molecule has 3 amide bonds. The number of hydrogen-bond donors (Lipinski definition) is 4. The van der Waals surface area contributed by atoms with E-state index in [0.29, 0.717) is 12.5 Å². The summed E-state index contributed by atoms with van der Waals surface area (Å²) in [7, 11) is 0. The Hall–Kier alpha value is -1.63. The lowest BCUT2D eigenvalue weighted by Gasteiger charge is -2.19. The van der Waals surface area contributed by atoms with Gasteiger partial charge in [-0.05, 0) is 26.7 Å². The molecule has 0 spiro atoms. The van der Waals surface area contributed by atoms with E-state index >= 15 is 0 Å². The average molecular weight is 300 g/mol. The summed E-state index contributed by atoms with van der Waals surface area (Å²) >= 11 is 0. The van der Waals surface area contributed by atoms with E-state index < -0.39 is 0 Å². The van der Waals surface area contributed by atoms with Crippen LogP contribution >= 0.6 is 0 Å². The summed E-state index contributed by atoms with van der Waals surface area (Å²) in [6, 6.07) is 0. The summed E-state index contributed by atoms with van der Waals surface area (Å²) in [6.07, 6.45) is 0. The second-order valence-corrected chi connectivity index (χ2v) is 6.35. The normalized spacial score (nSPS) is 11.1. The van der Waals surface area contributed by atoms with Crippen LogP contribution in [0.3, 0.4) is 0 Å². The van der Waals surface area contributed by atoms with Crippen molar-refractivity contribution in [2.45, 2.75) is 40.2 Å². The molecule has 0 aliphatic rings. The summed E-state index contributed by atoms with van der Waals surface area (Å²) in [6.45, 7) is 10.3. The summed E-state index contributed by atoms with van der Waals surface area (Å²) in [5.41, 5.74) is -0.159. The summed E-state index contributed by atoms with van der Waals surface area (Å²) in [5, 5.41) is 10.6. The fraction of sp³-hybridized carbons (Fsp3) is 0.786. The third-order valence-corrected chi connectivity index (χ3v) is 2.38. The molecule has 21 heavy (non-hydrogen) atoms. The zero-order chi connectivity index (χ0) is 16.5. The molecule has 0 aromatic rings. The van der Waals surface area contributed by atoms with Gasteiger partial charge in [0.05, 0.1) is 19.6 Å². The van der Waals surface area contributed by atoms with E-state index in [-0.39, 0.29) is 42.9 Å². The topological polar surface area (TPSA) is 99.3 Å². The third kappa shape index (κ3) is 13.1. The molecule has 0 saturated carbocycles. The molecule has 122 valence electrons. The zero-order valence-corrected chi connectivity index (χ0v) is 13.6. The van der Waals surface area contributed by atoms with Crippen LogP contribution < -0.4 is 21.3 Å². The van der Waals surface area contributed by atoms with Gasteiger partial charge in [-0.1, -0.05) is 13.8 Å². The van der Waals surface area contributed by atoms with Gasteiger partial charge in [0, 0.05) is 12.1 Å². The summed E-state index contributed by atoms with van der Waals surface area (Å²) in [4.78, 5) is 34.3. The van der Waals surface area contributed by atoms with Gasteiger partial charge in [-0.3, -0.25) is 14.4 Å². The molecule has 0 aliphatic carbocycles. The van der Waals surface area contributed by atoms with Crippen LogP contribution in [0.15, 0.2) is 0 Å². The molecule has 0 radical (unpaired) electrons. The van der Waals surface area contributed by atoms with E-state index in [1.807, 2.05) is 34.6 Å². The average Bonchev–Trinajstić information content (AvgIpc) is 2.37. The van der Waals surface area contributed by atoms with Crippen LogP contribution in [0.1, 0.15) is 34.6 Å². The molecule has 4 N–H and O–H groups in total. The SMILES string of the molecule is CC(C)CNC(=O)CNC(=O)CNC(=O)CNC(C)(C)C. The van der Waals surface area contributed by atoms with E-state index in [4.69, 9.17) is 0 Å². The van der Waals surface area contributed by atoms with Crippen LogP contribution in [0.4, 0.5) is 0 Å². The largest absolute Gasteiger partial charge is 0.354 e. The number of hydrogen-bond acceptors (Lipinski definition) is 4. The minimum atomic E-state index is -0.390. The maximum atomic E-state index is 11.5. The van der Waals surface area contributed by atoms with Crippen molar-refractivity contribution in [1.82, 2.24) is 21.3 Å². The first kappa shape index (κ1) is 19.4. The highest BCUT2D eigenvalue weighted by molar-refractivity contribution is 5.88. The van der Waals surface area contributed by atoms with Gasteiger partial charge in [0.1, 0.15) is 0 Å². The first-order valence-corrected chi connectivity index (χ1v) is 7.15. The van der Waals surface area contributed by atoms with Gasteiger partial charge in [-0.2, -0.15) is 0 Å². The van der Waals surface area contributed by atoms with Crippen molar-refractivity contribution in [2.24, 2.45) is 5.92 Å². The number of carbonyl (C=O) groups is 3. The van der Waals surface area contributed by atoms with Crippen LogP contribution in [0.2, 0.25) is 0 Å². The Morgan fingerprint density at radius 1 is 0.810 bits per heavy atom. The highest BCUT2D eigenvalue weighted by Crippen LogP contribution is 1.96. The van der Waals surface area contributed by atoms with E-state index in [9.17, 15) is 14.4 Å². The lowest BCUT2D eigenvalue weighted by Crippen LogP contribution is -2.46. The molecule has 0 saturated heterocycles. The van der Waals surface area contributed by atoms with Crippen molar-refractivity contribution < 1.29 is 14.4 Å². The van der Waals surface area contributed by atoms with Crippen molar-refractivity contribution >= 4 is 17.7 Å². The molecular formula is C14H28N4O3. The highest BCUT2D eigenvalue weighted by atomic mass is 16.2. The first-order valence-electron chi connectivity index (χ1n) is 7.15. The van der Waals surface area contributed by atoms with Gasteiger partial charge in [0.15, 0.2) is 0 Å². The molecule has 0 atom stereocenters. The van der Waals surface area contributed by atoms with E-state index in [1.165, 1.54) is 0 Å². The lowest BCUT2D eigenvalue weighted by atomic mass is 10.1. The van der Waals surface area contributed by atoms with E-state index in [0.717, 1.165) is 0 Å². The van der Waals surface area contributed by atoms with E-state index in [1.54, 1.807) is 0 Å². The van der Waals surface area contributed by atoms with Crippen LogP contribution in [-0.4, -0.2) is 49.4 Å². The smallest absolute Gasteiger partial charge is 0.239 e. The molecule has 0 heterocycles. The molecule has 7 heteroatoms. The summed E-state index contributed by atoms with van der Waals surface area (Å²) in [5.74, 6) is -0.528. The van der Waals surface area contributed by atoms with Crippen LogP contribution in [0.5, 0.6) is 0 Å². The Morgan fingerprint density at radius 3 is 1.67 bits per heavy atom. The molecular weight excluding hydrogens is 272 g/mol. The van der Waals surface area contributed by atoms with Gasteiger partial charge < -0.3 is 21.3 Å². The third-order valence-electron chi connectivity index (χ3n) is 2.38. The standard InChI is InChI=1S/C14H28N4O3/c1-10(2)6-15-11(19)7-16-12(20)8-17-13(21)9-18-14(3,4)5/h10,18H,6-9H2,1-5H3,(H,15,19)(H,16,20)(H,17,21). The first-order chi connectivity index (χ1) is 9.60. The molecule has 0 bridgehead atoms. The molecule has 0 aromatic heterocycles. The van der Waals surface area contributed by atoms with Crippen molar-refractivity contribution in [1.29, 1.82) is 0 Å². The van der Waals surface area contributed by atoms with Gasteiger partial charge in [-0.15, -0.1) is 0 Å². The fourth-order valence-electron chi connectivity index (χ4n) is 1.21. The minimum absolute atomic E-state index is 0.0817.